The van der Waals surface area contributed by atoms with Gasteiger partial charge in [0.25, 0.3) is 0 Å². The molecule has 0 saturated heterocycles. The molecule has 25 heavy (non-hydrogen) atoms. The van der Waals surface area contributed by atoms with E-state index in [9.17, 15) is 10.0 Å². The van der Waals surface area contributed by atoms with Gasteiger partial charge in [0.1, 0.15) is 12.4 Å². The van der Waals surface area contributed by atoms with E-state index in [-0.39, 0.29) is 18.9 Å². The van der Waals surface area contributed by atoms with Gasteiger partial charge >= 0.3 is 0 Å². The highest BCUT2D eigenvalue weighted by Gasteiger charge is 2.16. The van der Waals surface area contributed by atoms with E-state index >= 15 is 0 Å². The number of nitrogens with zero attached hydrogens (tertiary/aromatic N) is 1. The number of benzene rings is 2. The molecule has 0 radical (unpaired) electrons. The molecule has 2 aromatic rings. The van der Waals surface area contributed by atoms with E-state index in [2.05, 4.69) is 19.6 Å². The first kappa shape index (κ1) is 18.7. The number of carbonyl (C=O) groups excluding carboxylic acids is 1. The van der Waals surface area contributed by atoms with Gasteiger partial charge in [-0.05, 0) is 42.2 Å². The molecule has 2 rings (SSSR count). The summed E-state index contributed by atoms with van der Waals surface area (Å²) >= 11 is 0. The number of carbonyl (C=O) groups is 1. The summed E-state index contributed by atoms with van der Waals surface area (Å²) in [5, 5.41) is 10.9. The second kappa shape index (κ2) is 8.49. The lowest BCUT2D eigenvalue weighted by Crippen LogP contribution is -2.27. The molecule has 2 aromatic carbocycles. The van der Waals surface area contributed by atoms with Gasteiger partial charge in [-0.2, -0.15) is 5.06 Å². The molecule has 0 aliphatic carbocycles. The summed E-state index contributed by atoms with van der Waals surface area (Å²) in [5.41, 5.74) is 4.30. The molecule has 0 unspecified atom stereocenters. The third-order valence-electron chi connectivity index (χ3n) is 4.14. The molecule has 0 aromatic heterocycles. The number of hydrogen-bond donors (Lipinski definition) is 1. The third-order valence-corrected chi connectivity index (χ3v) is 4.14. The molecule has 0 bridgehead atoms. The van der Waals surface area contributed by atoms with Crippen molar-refractivity contribution >= 4 is 17.7 Å². The Morgan fingerprint density at radius 3 is 2.60 bits per heavy atom. The Labute approximate surface area is 149 Å². The van der Waals surface area contributed by atoms with Crippen LogP contribution in [0.5, 0.6) is 5.75 Å². The molecule has 4 nitrogen and oxygen atoms in total. The van der Waals surface area contributed by atoms with Crippen LogP contribution in [-0.4, -0.2) is 11.1 Å². The average Bonchev–Trinajstić information content (AvgIpc) is 2.65. The van der Waals surface area contributed by atoms with Crippen LogP contribution in [0.15, 0.2) is 43.0 Å². The van der Waals surface area contributed by atoms with Gasteiger partial charge in [0, 0.05) is 12.0 Å². The number of hydrogen-bond acceptors (Lipinski definition) is 3. The van der Waals surface area contributed by atoms with Crippen molar-refractivity contribution in [1.82, 2.24) is 0 Å². The molecule has 0 aliphatic heterocycles. The lowest BCUT2D eigenvalue weighted by atomic mass is 10.1. The largest absolute Gasteiger partial charge is 0.489 e. The zero-order chi connectivity index (χ0) is 18.4. The maximum absolute atomic E-state index is 11.9. The van der Waals surface area contributed by atoms with Crippen molar-refractivity contribution in [2.45, 2.75) is 40.2 Å². The van der Waals surface area contributed by atoms with Crippen LogP contribution in [0.25, 0.3) is 6.08 Å². The fourth-order valence-corrected chi connectivity index (χ4v) is 2.56. The third kappa shape index (κ3) is 4.48. The van der Waals surface area contributed by atoms with Gasteiger partial charge < -0.3 is 4.74 Å². The molecule has 1 amide bonds. The van der Waals surface area contributed by atoms with Crippen molar-refractivity contribution in [3.8, 4) is 5.75 Å². The normalized spacial score (nSPS) is 10.4. The summed E-state index contributed by atoms with van der Waals surface area (Å²) in [5.74, 6) is 0.424. The zero-order valence-electron chi connectivity index (χ0n) is 15.1. The zero-order valence-corrected chi connectivity index (χ0v) is 15.1. The predicted octanol–water partition coefficient (Wildman–Crippen LogP) is 4.91. The summed E-state index contributed by atoms with van der Waals surface area (Å²) < 4.78 is 5.93. The molecule has 4 heteroatoms. The van der Waals surface area contributed by atoms with Crippen LogP contribution in [0.4, 0.5) is 5.69 Å². The first-order valence-corrected chi connectivity index (χ1v) is 8.49. The van der Waals surface area contributed by atoms with Crippen molar-refractivity contribution in [3.63, 3.8) is 0 Å². The summed E-state index contributed by atoms with van der Waals surface area (Å²) in [6.07, 6.45) is 2.87. The van der Waals surface area contributed by atoms with Crippen LogP contribution in [0, 0.1) is 6.92 Å². The lowest BCUT2D eigenvalue weighted by molar-refractivity contribution is -0.123. The first-order chi connectivity index (χ1) is 12.0. The minimum absolute atomic E-state index is 0.215. The minimum atomic E-state index is -0.369. The molecular weight excluding hydrogens is 314 g/mol. The fraction of sp³-hybridized carbons (Fsp3) is 0.286. The Balaban J connectivity index is 2.26. The summed E-state index contributed by atoms with van der Waals surface area (Å²) in [6.45, 7) is 9.82. The van der Waals surface area contributed by atoms with Gasteiger partial charge in [0.2, 0.25) is 5.91 Å². The minimum Gasteiger partial charge on any atom is -0.489 e. The van der Waals surface area contributed by atoms with Crippen LogP contribution in [0.3, 0.4) is 0 Å². The number of ether oxygens (including phenoxy) is 1. The number of amides is 1. The second-order valence-corrected chi connectivity index (χ2v) is 5.89. The predicted molar refractivity (Wildman–Crippen MR) is 101 cm³/mol. The van der Waals surface area contributed by atoms with E-state index in [4.69, 9.17) is 4.74 Å². The molecule has 1 N–H and O–H groups in total. The SMILES string of the molecule is C=Cc1ccc(COc2ccc(CC)cc2C)c(N(O)C(=O)CC)c1. The highest BCUT2D eigenvalue weighted by Crippen LogP contribution is 2.26. The molecule has 0 aliphatic rings. The van der Waals surface area contributed by atoms with E-state index in [1.54, 1.807) is 19.1 Å². The Bertz CT molecular complexity index is 768. The van der Waals surface area contributed by atoms with Gasteiger partial charge in [-0.1, -0.05) is 50.8 Å². The topological polar surface area (TPSA) is 49.8 Å². The van der Waals surface area contributed by atoms with Crippen molar-refractivity contribution < 1.29 is 14.7 Å². The van der Waals surface area contributed by atoms with Gasteiger partial charge in [-0.15, -0.1) is 0 Å². The van der Waals surface area contributed by atoms with Gasteiger partial charge in [-0.25, -0.2) is 0 Å². The van der Waals surface area contributed by atoms with Crippen LogP contribution < -0.4 is 9.80 Å². The molecule has 0 heterocycles. The standard InChI is InChI=1S/C21H25NO3/c1-5-16-9-11-20(15(4)12-16)25-14-18-10-8-17(6-2)13-19(18)22(24)21(23)7-3/h6,8-13,24H,2,5,7,14H2,1,3-4H3. The quantitative estimate of drug-likeness (QED) is 0.576. The van der Waals surface area contributed by atoms with Crippen LogP contribution in [0.1, 0.15) is 42.5 Å². The molecule has 0 saturated carbocycles. The molecule has 0 fully saturated rings. The van der Waals surface area contributed by atoms with Gasteiger partial charge in [0.15, 0.2) is 0 Å². The highest BCUT2D eigenvalue weighted by atomic mass is 16.5. The Hall–Kier alpha value is -2.59. The summed E-state index contributed by atoms with van der Waals surface area (Å²) in [7, 11) is 0. The van der Waals surface area contributed by atoms with E-state index in [0.717, 1.165) is 28.9 Å². The molecule has 0 spiro atoms. The van der Waals surface area contributed by atoms with Crippen LogP contribution >= 0.6 is 0 Å². The highest BCUT2D eigenvalue weighted by molar-refractivity contribution is 5.91. The van der Waals surface area contributed by atoms with E-state index in [1.807, 2.05) is 31.2 Å². The maximum Gasteiger partial charge on any atom is 0.250 e. The van der Waals surface area contributed by atoms with Crippen molar-refractivity contribution in [2.24, 2.45) is 0 Å². The van der Waals surface area contributed by atoms with Crippen molar-refractivity contribution in [3.05, 3.63) is 65.2 Å². The number of aryl methyl sites for hydroxylation is 2. The van der Waals surface area contributed by atoms with Crippen molar-refractivity contribution in [1.29, 1.82) is 0 Å². The average molecular weight is 339 g/mol. The Kier molecular flexibility index (Phi) is 6.37. The number of anilines is 1. The summed E-state index contributed by atoms with van der Waals surface area (Å²) in [6, 6.07) is 11.6. The van der Waals surface area contributed by atoms with Gasteiger partial charge in [-0.3, -0.25) is 10.0 Å². The monoisotopic (exact) mass is 339 g/mol. The Morgan fingerprint density at radius 2 is 2.00 bits per heavy atom. The van der Waals surface area contributed by atoms with E-state index < -0.39 is 0 Å². The fourth-order valence-electron chi connectivity index (χ4n) is 2.56. The lowest BCUT2D eigenvalue weighted by Gasteiger charge is -2.19. The maximum atomic E-state index is 11.9. The van der Waals surface area contributed by atoms with E-state index in [1.165, 1.54) is 5.56 Å². The van der Waals surface area contributed by atoms with Gasteiger partial charge in [0.05, 0.1) is 5.69 Å². The molecular formula is C21H25NO3. The van der Waals surface area contributed by atoms with Crippen LogP contribution in [-0.2, 0) is 17.8 Å². The van der Waals surface area contributed by atoms with Crippen LogP contribution in [0.2, 0.25) is 0 Å². The second-order valence-electron chi connectivity index (χ2n) is 5.89. The Morgan fingerprint density at radius 1 is 1.24 bits per heavy atom. The molecule has 132 valence electrons. The van der Waals surface area contributed by atoms with E-state index in [0.29, 0.717) is 10.8 Å². The smallest absolute Gasteiger partial charge is 0.250 e. The number of rotatable bonds is 7. The van der Waals surface area contributed by atoms with Crippen molar-refractivity contribution in [2.75, 3.05) is 5.06 Å². The summed E-state index contributed by atoms with van der Waals surface area (Å²) in [4.78, 5) is 11.9. The first-order valence-electron chi connectivity index (χ1n) is 8.49. The number of hydroxylamine groups is 1. The molecule has 0 atom stereocenters.